The average molecular weight is 271 g/mol. The number of nitrogens with one attached hydrogen (secondary N) is 1. The molecule has 0 aliphatic heterocycles. The molecule has 0 bridgehead atoms. The molecule has 1 heterocycles. The van der Waals surface area contributed by atoms with Gasteiger partial charge in [0, 0.05) is 21.5 Å². The van der Waals surface area contributed by atoms with E-state index in [1.807, 2.05) is 25.1 Å². The molecule has 0 fully saturated rings. The Morgan fingerprint density at radius 1 is 1.05 bits per heavy atom. The van der Waals surface area contributed by atoms with Gasteiger partial charge in [-0.3, -0.25) is 0 Å². The molecule has 96 valence electrons. The maximum absolute atomic E-state index is 9.85. The van der Waals surface area contributed by atoms with Crippen LogP contribution < -0.4 is 0 Å². The van der Waals surface area contributed by atoms with Crippen molar-refractivity contribution in [2.45, 2.75) is 16.7 Å². The van der Waals surface area contributed by atoms with Crippen LogP contribution in [-0.2, 0) is 0 Å². The molecule has 2 aromatic carbocycles. The van der Waals surface area contributed by atoms with E-state index in [-0.39, 0.29) is 11.5 Å². The van der Waals surface area contributed by atoms with Crippen molar-refractivity contribution in [1.29, 1.82) is 0 Å². The number of H-pyrrole nitrogens is 1. The number of hydrogen-bond donors (Lipinski definition) is 3. The third-order valence-electron chi connectivity index (χ3n) is 2.99. The first-order chi connectivity index (χ1) is 9.15. The minimum Gasteiger partial charge on any atom is -0.508 e. The van der Waals surface area contributed by atoms with Crippen molar-refractivity contribution in [2.24, 2.45) is 0 Å². The molecule has 19 heavy (non-hydrogen) atoms. The Morgan fingerprint density at radius 3 is 2.63 bits per heavy atom. The van der Waals surface area contributed by atoms with Gasteiger partial charge in [-0.2, -0.15) is 0 Å². The number of aromatic hydroxyl groups is 2. The lowest BCUT2D eigenvalue weighted by atomic mass is 10.2. The number of rotatable bonds is 2. The Balaban J connectivity index is 2.12. The summed E-state index contributed by atoms with van der Waals surface area (Å²) in [7, 11) is 0. The summed E-state index contributed by atoms with van der Waals surface area (Å²) < 4.78 is 0. The molecule has 0 aliphatic rings. The number of fused-ring (bicyclic) bond motifs is 1. The minimum absolute atomic E-state index is 0.241. The quantitative estimate of drug-likeness (QED) is 0.659. The van der Waals surface area contributed by atoms with Gasteiger partial charge in [0.1, 0.15) is 11.5 Å². The van der Waals surface area contributed by atoms with Crippen LogP contribution in [0.25, 0.3) is 10.9 Å². The number of aromatic nitrogens is 1. The van der Waals surface area contributed by atoms with Crippen molar-refractivity contribution in [3.05, 3.63) is 48.2 Å². The van der Waals surface area contributed by atoms with E-state index in [1.165, 1.54) is 11.8 Å². The molecule has 4 heteroatoms. The number of aromatic amines is 1. The summed E-state index contributed by atoms with van der Waals surface area (Å²) >= 11 is 1.49. The van der Waals surface area contributed by atoms with E-state index >= 15 is 0 Å². The molecular weight excluding hydrogens is 258 g/mol. The van der Waals surface area contributed by atoms with Crippen LogP contribution in [0.4, 0.5) is 0 Å². The van der Waals surface area contributed by atoms with Gasteiger partial charge in [0.05, 0.1) is 4.90 Å². The second kappa shape index (κ2) is 4.55. The topological polar surface area (TPSA) is 56.2 Å². The smallest absolute Gasteiger partial charge is 0.129 e. The van der Waals surface area contributed by atoms with Crippen LogP contribution in [0.1, 0.15) is 5.69 Å². The van der Waals surface area contributed by atoms with Crippen molar-refractivity contribution >= 4 is 22.7 Å². The van der Waals surface area contributed by atoms with E-state index in [2.05, 4.69) is 4.98 Å². The summed E-state index contributed by atoms with van der Waals surface area (Å²) in [6, 6.07) is 12.5. The lowest BCUT2D eigenvalue weighted by Gasteiger charge is -2.04. The van der Waals surface area contributed by atoms with E-state index in [1.54, 1.807) is 24.3 Å². The normalized spacial score (nSPS) is 11.0. The highest BCUT2D eigenvalue weighted by molar-refractivity contribution is 7.99. The fourth-order valence-corrected chi connectivity index (χ4v) is 3.10. The Kier molecular flexibility index (Phi) is 2.87. The Hall–Kier alpha value is -2.07. The number of hydrogen-bond acceptors (Lipinski definition) is 3. The molecule has 3 aromatic rings. The molecule has 3 rings (SSSR count). The summed E-state index contributed by atoms with van der Waals surface area (Å²) in [6.07, 6.45) is 0. The highest BCUT2D eigenvalue weighted by Gasteiger charge is 2.12. The van der Waals surface area contributed by atoms with Crippen molar-refractivity contribution in [1.82, 2.24) is 4.98 Å². The number of phenols is 2. The first-order valence-corrected chi connectivity index (χ1v) is 6.74. The molecule has 0 saturated carbocycles. The molecule has 0 spiro atoms. The Bertz CT molecular complexity index is 749. The van der Waals surface area contributed by atoms with E-state index in [0.717, 1.165) is 26.4 Å². The largest absolute Gasteiger partial charge is 0.508 e. The molecule has 1 aromatic heterocycles. The van der Waals surface area contributed by atoms with Gasteiger partial charge in [-0.15, -0.1) is 0 Å². The molecule has 0 atom stereocenters. The predicted molar refractivity (Wildman–Crippen MR) is 76.9 cm³/mol. The third-order valence-corrected chi connectivity index (χ3v) is 4.28. The highest BCUT2D eigenvalue weighted by Crippen LogP contribution is 2.40. The maximum atomic E-state index is 9.85. The van der Waals surface area contributed by atoms with Gasteiger partial charge in [0.25, 0.3) is 0 Å². The zero-order chi connectivity index (χ0) is 13.4. The monoisotopic (exact) mass is 271 g/mol. The molecule has 3 nitrogen and oxygen atoms in total. The fourth-order valence-electron chi connectivity index (χ4n) is 2.07. The first-order valence-electron chi connectivity index (χ1n) is 5.92. The van der Waals surface area contributed by atoms with Gasteiger partial charge in [-0.05, 0) is 37.3 Å². The summed E-state index contributed by atoms with van der Waals surface area (Å²) in [4.78, 5) is 5.10. The molecular formula is C15H13NO2S. The summed E-state index contributed by atoms with van der Waals surface area (Å²) in [5, 5.41) is 20.4. The molecule has 0 unspecified atom stereocenters. The van der Waals surface area contributed by atoms with Crippen LogP contribution >= 0.6 is 11.8 Å². The van der Waals surface area contributed by atoms with Crippen LogP contribution in [0.2, 0.25) is 0 Å². The first kappa shape index (κ1) is 12.0. The average Bonchev–Trinajstić information content (AvgIpc) is 2.69. The van der Waals surface area contributed by atoms with Crippen LogP contribution in [0.15, 0.2) is 52.3 Å². The molecule has 0 radical (unpaired) electrons. The zero-order valence-corrected chi connectivity index (χ0v) is 11.2. The lowest BCUT2D eigenvalue weighted by molar-refractivity contribution is 0.462. The van der Waals surface area contributed by atoms with Crippen LogP contribution in [0.5, 0.6) is 11.5 Å². The van der Waals surface area contributed by atoms with E-state index in [0.29, 0.717) is 0 Å². The Morgan fingerprint density at radius 2 is 1.84 bits per heavy atom. The second-order valence-corrected chi connectivity index (χ2v) is 5.43. The van der Waals surface area contributed by atoms with E-state index in [9.17, 15) is 10.2 Å². The van der Waals surface area contributed by atoms with Crippen molar-refractivity contribution < 1.29 is 10.2 Å². The number of para-hydroxylation sites is 1. The van der Waals surface area contributed by atoms with Crippen LogP contribution in [0, 0.1) is 6.92 Å². The van der Waals surface area contributed by atoms with E-state index in [4.69, 9.17) is 0 Å². The third kappa shape index (κ3) is 2.15. The van der Waals surface area contributed by atoms with Gasteiger partial charge in [-0.1, -0.05) is 23.9 Å². The molecule has 0 saturated heterocycles. The van der Waals surface area contributed by atoms with Gasteiger partial charge in [0.2, 0.25) is 0 Å². The van der Waals surface area contributed by atoms with Gasteiger partial charge >= 0.3 is 0 Å². The maximum Gasteiger partial charge on any atom is 0.129 e. The number of aryl methyl sites for hydroxylation is 1. The molecule has 0 aliphatic carbocycles. The zero-order valence-electron chi connectivity index (χ0n) is 10.3. The summed E-state index contributed by atoms with van der Waals surface area (Å²) in [6.45, 7) is 1.99. The van der Waals surface area contributed by atoms with Crippen molar-refractivity contribution in [2.75, 3.05) is 0 Å². The standard InChI is InChI=1S/C15H13NO2S/c1-9-15(19-14-5-3-2-4-13(14)18)11-8-10(17)6-7-12(11)16-9/h2-8,16-18H,1H3. The summed E-state index contributed by atoms with van der Waals surface area (Å²) in [5.41, 5.74) is 2.00. The Labute approximate surface area is 114 Å². The van der Waals surface area contributed by atoms with Gasteiger partial charge < -0.3 is 15.2 Å². The SMILES string of the molecule is Cc1[nH]c2ccc(O)cc2c1Sc1ccccc1O. The van der Waals surface area contributed by atoms with Crippen molar-refractivity contribution in [3.63, 3.8) is 0 Å². The van der Waals surface area contributed by atoms with Gasteiger partial charge in [-0.25, -0.2) is 0 Å². The second-order valence-electron chi connectivity index (χ2n) is 4.38. The number of phenolic OH excluding ortho intramolecular Hbond substituents is 2. The highest BCUT2D eigenvalue weighted by atomic mass is 32.2. The van der Waals surface area contributed by atoms with E-state index < -0.39 is 0 Å². The minimum atomic E-state index is 0.241. The predicted octanol–water partition coefficient (Wildman–Crippen LogP) is 4.04. The summed E-state index contributed by atoms with van der Waals surface area (Å²) in [5.74, 6) is 0.507. The van der Waals surface area contributed by atoms with Crippen LogP contribution in [-0.4, -0.2) is 15.2 Å². The fraction of sp³-hybridized carbons (Fsp3) is 0.0667. The van der Waals surface area contributed by atoms with Crippen LogP contribution in [0.3, 0.4) is 0 Å². The van der Waals surface area contributed by atoms with Gasteiger partial charge in [0.15, 0.2) is 0 Å². The number of benzene rings is 2. The molecule has 0 amide bonds. The van der Waals surface area contributed by atoms with Crippen molar-refractivity contribution in [3.8, 4) is 11.5 Å². The molecule has 3 N–H and O–H groups in total. The lowest BCUT2D eigenvalue weighted by Crippen LogP contribution is -1.77.